The number of amides is 1. The number of fused-ring (bicyclic) bond motifs is 1. The standard InChI is InChI=1S/C11H15NO/c1-7(2)12-11(13)9-4-3-8-5-10(8)6-9/h3-4,6-8,10H,5H2,1-2H3,(H,12,13). The summed E-state index contributed by atoms with van der Waals surface area (Å²) in [5.41, 5.74) is 0.840. The van der Waals surface area contributed by atoms with E-state index >= 15 is 0 Å². The number of rotatable bonds is 2. The lowest BCUT2D eigenvalue weighted by Gasteiger charge is -2.10. The van der Waals surface area contributed by atoms with E-state index in [1.54, 1.807) is 0 Å². The smallest absolute Gasteiger partial charge is 0.251 e. The fourth-order valence-electron chi connectivity index (χ4n) is 1.66. The van der Waals surface area contributed by atoms with Crippen molar-refractivity contribution in [1.29, 1.82) is 0 Å². The average Bonchev–Trinajstić information content (AvgIpc) is 2.79. The van der Waals surface area contributed by atoms with Crippen LogP contribution in [0.4, 0.5) is 0 Å². The van der Waals surface area contributed by atoms with Crippen LogP contribution in [-0.2, 0) is 4.79 Å². The van der Waals surface area contributed by atoms with E-state index in [2.05, 4.69) is 17.5 Å². The van der Waals surface area contributed by atoms with Crippen LogP contribution in [-0.4, -0.2) is 11.9 Å². The van der Waals surface area contributed by atoms with Gasteiger partial charge in [0.15, 0.2) is 0 Å². The van der Waals surface area contributed by atoms with Crippen molar-refractivity contribution in [3.63, 3.8) is 0 Å². The lowest BCUT2D eigenvalue weighted by molar-refractivity contribution is -0.117. The second kappa shape index (κ2) is 3.02. The summed E-state index contributed by atoms with van der Waals surface area (Å²) >= 11 is 0. The Morgan fingerprint density at radius 2 is 2.31 bits per heavy atom. The minimum absolute atomic E-state index is 0.0663. The number of carbonyl (C=O) groups excluding carboxylic acids is 1. The van der Waals surface area contributed by atoms with E-state index in [1.165, 1.54) is 6.42 Å². The Labute approximate surface area is 78.7 Å². The van der Waals surface area contributed by atoms with Gasteiger partial charge in [-0.1, -0.05) is 18.2 Å². The van der Waals surface area contributed by atoms with Gasteiger partial charge in [-0.05, 0) is 32.1 Å². The van der Waals surface area contributed by atoms with Crippen LogP contribution >= 0.6 is 0 Å². The van der Waals surface area contributed by atoms with Gasteiger partial charge in [0.25, 0.3) is 5.91 Å². The van der Waals surface area contributed by atoms with E-state index in [4.69, 9.17) is 0 Å². The number of hydrogen-bond donors (Lipinski definition) is 1. The molecule has 0 saturated heterocycles. The summed E-state index contributed by atoms with van der Waals surface area (Å²) in [5, 5.41) is 2.89. The number of carbonyl (C=O) groups is 1. The zero-order valence-electron chi connectivity index (χ0n) is 8.08. The van der Waals surface area contributed by atoms with Crippen molar-refractivity contribution in [1.82, 2.24) is 5.32 Å². The highest BCUT2D eigenvalue weighted by atomic mass is 16.1. The maximum atomic E-state index is 11.5. The monoisotopic (exact) mass is 177 g/mol. The second-order valence-corrected chi connectivity index (χ2v) is 4.17. The van der Waals surface area contributed by atoms with Crippen LogP contribution in [0, 0.1) is 11.8 Å². The molecule has 1 amide bonds. The van der Waals surface area contributed by atoms with E-state index in [-0.39, 0.29) is 11.9 Å². The van der Waals surface area contributed by atoms with E-state index < -0.39 is 0 Å². The Kier molecular flexibility index (Phi) is 1.98. The zero-order valence-corrected chi connectivity index (χ0v) is 8.08. The van der Waals surface area contributed by atoms with E-state index in [0.717, 1.165) is 11.5 Å². The largest absolute Gasteiger partial charge is 0.350 e. The summed E-state index contributed by atoms with van der Waals surface area (Å²) in [6.07, 6.45) is 7.43. The fraction of sp³-hybridized carbons (Fsp3) is 0.545. The molecule has 0 heterocycles. The van der Waals surface area contributed by atoms with Crippen molar-refractivity contribution in [2.24, 2.45) is 11.8 Å². The van der Waals surface area contributed by atoms with Crippen molar-refractivity contribution in [3.05, 3.63) is 23.8 Å². The summed E-state index contributed by atoms with van der Waals surface area (Å²) in [4.78, 5) is 11.5. The fourth-order valence-corrected chi connectivity index (χ4v) is 1.66. The quantitative estimate of drug-likeness (QED) is 0.682. The molecule has 0 aromatic rings. The Morgan fingerprint density at radius 3 is 2.92 bits per heavy atom. The normalized spacial score (nSPS) is 29.6. The van der Waals surface area contributed by atoms with Crippen molar-refractivity contribution in [2.75, 3.05) is 0 Å². The Balaban J connectivity index is 2.00. The molecule has 2 heteroatoms. The van der Waals surface area contributed by atoms with Crippen molar-refractivity contribution in [2.45, 2.75) is 26.3 Å². The number of allylic oxidation sites excluding steroid dienone is 2. The van der Waals surface area contributed by atoms with Gasteiger partial charge in [0.05, 0.1) is 0 Å². The highest BCUT2D eigenvalue weighted by Crippen LogP contribution is 2.44. The molecule has 2 unspecified atom stereocenters. The van der Waals surface area contributed by atoms with Crippen LogP contribution in [0.2, 0.25) is 0 Å². The molecule has 2 aliphatic carbocycles. The molecule has 2 nitrogen and oxygen atoms in total. The lowest BCUT2D eigenvalue weighted by atomic mass is 10.1. The minimum atomic E-state index is 0.0663. The maximum Gasteiger partial charge on any atom is 0.251 e. The highest BCUT2D eigenvalue weighted by molar-refractivity contribution is 5.96. The molecule has 2 rings (SSSR count). The van der Waals surface area contributed by atoms with Gasteiger partial charge in [-0.15, -0.1) is 0 Å². The maximum absolute atomic E-state index is 11.5. The van der Waals surface area contributed by atoms with Crippen LogP contribution in [0.15, 0.2) is 23.8 Å². The first-order valence-corrected chi connectivity index (χ1v) is 4.87. The lowest BCUT2D eigenvalue weighted by Crippen LogP contribution is -2.31. The van der Waals surface area contributed by atoms with Gasteiger partial charge in [0.2, 0.25) is 0 Å². The van der Waals surface area contributed by atoms with Crippen LogP contribution < -0.4 is 5.32 Å². The Bertz CT molecular complexity index is 288. The first-order valence-electron chi connectivity index (χ1n) is 4.87. The van der Waals surface area contributed by atoms with Gasteiger partial charge in [-0.3, -0.25) is 4.79 Å². The van der Waals surface area contributed by atoms with Gasteiger partial charge in [0, 0.05) is 11.6 Å². The van der Waals surface area contributed by atoms with Gasteiger partial charge >= 0.3 is 0 Å². The molecule has 1 saturated carbocycles. The number of hydrogen-bond acceptors (Lipinski definition) is 1. The van der Waals surface area contributed by atoms with Crippen LogP contribution in [0.25, 0.3) is 0 Å². The van der Waals surface area contributed by atoms with Crippen molar-refractivity contribution in [3.8, 4) is 0 Å². The van der Waals surface area contributed by atoms with Crippen molar-refractivity contribution < 1.29 is 4.79 Å². The van der Waals surface area contributed by atoms with Gasteiger partial charge in [-0.2, -0.15) is 0 Å². The molecule has 0 spiro atoms. The molecule has 0 bridgehead atoms. The molecular formula is C11H15NO. The molecule has 1 fully saturated rings. The predicted octanol–water partition coefficient (Wildman–Crippen LogP) is 1.64. The Hall–Kier alpha value is -1.05. The molecule has 0 aromatic heterocycles. The summed E-state index contributed by atoms with van der Waals surface area (Å²) in [6.45, 7) is 3.95. The molecule has 13 heavy (non-hydrogen) atoms. The molecule has 0 aromatic carbocycles. The molecular weight excluding hydrogens is 162 g/mol. The molecule has 0 radical (unpaired) electrons. The van der Waals surface area contributed by atoms with E-state index in [0.29, 0.717) is 5.92 Å². The third kappa shape index (κ3) is 1.82. The SMILES string of the molecule is CC(C)NC(=O)C1=CC2CC2C=C1. The van der Waals surface area contributed by atoms with E-state index in [9.17, 15) is 4.79 Å². The molecule has 1 N–H and O–H groups in total. The minimum Gasteiger partial charge on any atom is -0.350 e. The highest BCUT2D eigenvalue weighted by Gasteiger charge is 2.35. The summed E-state index contributed by atoms with van der Waals surface area (Å²) < 4.78 is 0. The first kappa shape index (κ1) is 8.54. The van der Waals surface area contributed by atoms with Gasteiger partial charge in [0.1, 0.15) is 0 Å². The van der Waals surface area contributed by atoms with Crippen LogP contribution in [0.5, 0.6) is 0 Å². The van der Waals surface area contributed by atoms with Gasteiger partial charge < -0.3 is 5.32 Å². The third-order valence-electron chi connectivity index (χ3n) is 2.49. The third-order valence-corrected chi connectivity index (χ3v) is 2.49. The molecule has 0 aliphatic heterocycles. The summed E-state index contributed by atoms with van der Waals surface area (Å²) in [5.74, 6) is 1.45. The Morgan fingerprint density at radius 1 is 1.54 bits per heavy atom. The topological polar surface area (TPSA) is 29.1 Å². The van der Waals surface area contributed by atoms with Crippen LogP contribution in [0.1, 0.15) is 20.3 Å². The average molecular weight is 177 g/mol. The zero-order chi connectivity index (χ0) is 9.42. The summed E-state index contributed by atoms with van der Waals surface area (Å²) in [6, 6.07) is 0.221. The van der Waals surface area contributed by atoms with Crippen molar-refractivity contribution >= 4 is 5.91 Å². The number of nitrogens with one attached hydrogen (secondary N) is 1. The first-order chi connectivity index (χ1) is 6.16. The molecule has 2 atom stereocenters. The second-order valence-electron chi connectivity index (χ2n) is 4.17. The van der Waals surface area contributed by atoms with Gasteiger partial charge in [-0.25, -0.2) is 0 Å². The molecule has 70 valence electrons. The van der Waals surface area contributed by atoms with E-state index in [1.807, 2.05) is 19.9 Å². The van der Waals surface area contributed by atoms with Crippen LogP contribution in [0.3, 0.4) is 0 Å². The molecule has 2 aliphatic rings. The summed E-state index contributed by atoms with van der Waals surface area (Å²) in [7, 11) is 0. The predicted molar refractivity (Wildman–Crippen MR) is 52.1 cm³/mol.